The summed E-state index contributed by atoms with van der Waals surface area (Å²) < 4.78 is 36.6. The number of fused-ring (bicyclic) bond motifs is 1. The van der Waals surface area contributed by atoms with Gasteiger partial charge in [-0.05, 0) is 60.8 Å². The van der Waals surface area contributed by atoms with Crippen molar-refractivity contribution >= 4 is 21.5 Å². The van der Waals surface area contributed by atoms with E-state index in [0.29, 0.717) is 24.4 Å². The molecule has 0 aliphatic carbocycles. The zero-order valence-corrected chi connectivity index (χ0v) is 17.9. The molecule has 0 saturated carbocycles. The van der Waals surface area contributed by atoms with Gasteiger partial charge in [0.05, 0.1) is 24.2 Å². The molecule has 0 radical (unpaired) electrons. The van der Waals surface area contributed by atoms with Gasteiger partial charge in [-0.3, -0.25) is 4.98 Å². The number of hydrogen-bond acceptors (Lipinski definition) is 6. The average Bonchev–Trinajstić information content (AvgIpc) is 3.43. The van der Waals surface area contributed by atoms with Crippen LogP contribution in [0.3, 0.4) is 0 Å². The molecule has 2 aliphatic rings. The maximum atomic E-state index is 12.5. The minimum Gasteiger partial charge on any atom is -0.459 e. The van der Waals surface area contributed by atoms with Crippen LogP contribution in [0.15, 0.2) is 52.1 Å². The van der Waals surface area contributed by atoms with Crippen molar-refractivity contribution in [2.24, 2.45) is 0 Å². The number of rotatable bonds is 8. The number of hydrogen-bond donors (Lipinski definition) is 1. The lowest BCUT2D eigenvalue weighted by Gasteiger charge is -2.15. The second-order valence-electron chi connectivity index (χ2n) is 7.81. The maximum absolute atomic E-state index is 12.5. The third-order valence-corrected chi connectivity index (χ3v) is 7.74. The van der Waals surface area contributed by atoms with Crippen molar-refractivity contribution in [2.45, 2.75) is 50.6 Å². The molecule has 160 valence electrons. The van der Waals surface area contributed by atoms with Gasteiger partial charge in [-0.1, -0.05) is 25.0 Å². The van der Waals surface area contributed by atoms with Crippen LogP contribution in [0.2, 0.25) is 0 Å². The first-order valence-electron chi connectivity index (χ1n) is 10.4. The van der Waals surface area contributed by atoms with Crippen LogP contribution in [0, 0.1) is 0 Å². The van der Waals surface area contributed by atoms with Gasteiger partial charge in [0.2, 0.25) is 0 Å². The Labute approximate surface area is 177 Å². The fourth-order valence-electron chi connectivity index (χ4n) is 4.37. The summed E-state index contributed by atoms with van der Waals surface area (Å²) in [6.45, 7) is 2.19. The molecule has 4 heterocycles. The number of ether oxygens (including phenoxy) is 1. The van der Waals surface area contributed by atoms with Crippen molar-refractivity contribution in [3.05, 3.63) is 64.9 Å². The fraction of sp³-hybridized carbons (Fsp3) is 0.435. The van der Waals surface area contributed by atoms with Crippen LogP contribution in [0.1, 0.15) is 49.8 Å². The van der Waals surface area contributed by atoms with Crippen LogP contribution < -0.4 is 0 Å². The van der Waals surface area contributed by atoms with E-state index in [-0.39, 0.29) is 25.1 Å². The fourth-order valence-corrected chi connectivity index (χ4v) is 6.36. The van der Waals surface area contributed by atoms with E-state index < -0.39 is 15.1 Å². The summed E-state index contributed by atoms with van der Waals surface area (Å²) in [7, 11) is -3.13. The van der Waals surface area contributed by atoms with Gasteiger partial charge in [-0.2, -0.15) is 0 Å². The molecule has 0 amide bonds. The highest BCUT2D eigenvalue weighted by Gasteiger charge is 2.46. The molecule has 0 spiro atoms. The normalized spacial score (nSPS) is 23.2. The number of aliphatic hydroxyl groups is 1. The van der Waals surface area contributed by atoms with Crippen LogP contribution >= 0.6 is 0 Å². The summed E-state index contributed by atoms with van der Waals surface area (Å²) in [5, 5.41) is 8.78. The lowest BCUT2D eigenvalue weighted by Crippen LogP contribution is -2.19. The van der Waals surface area contributed by atoms with Crippen LogP contribution in [0.5, 0.6) is 0 Å². The van der Waals surface area contributed by atoms with E-state index in [4.69, 9.17) is 9.15 Å². The Hall–Kier alpha value is -2.22. The Kier molecular flexibility index (Phi) is 6.22. The molecule has 0 aromatic carbocycles. The van der Waals surface area contributed by atoms with Crippen LogP contribution in [-0.4, -0.2) is 42.2 Å². The topological polar surface area (TPSA) is 89.6 Å². The molecule has 6 nitrogen and oxygen atoms in total. The van der Waals surface area contributed by atoms with Crippen molar-refractivity contribution in [2.75, 3.05) is 12.4 Å². The predicted octanol–water partition coefficient (Wildman–Crippen LogP) is 3.78. The molecule has 1 fully saturated rings. The quantitative estimate of drug-likeness (QED) is 0.643. The first kappa shape index (κ1) is 21.0. The van der Waals surface area contributed by atoms with Gasteiger partial charge >= 0.3 is 0 Å². The zero-order chi connectivity index (χ0) is 21.1. The smallest absolute Gasteiger partial charge is 0.163 e. The van der Waals surface area contributed by atoms with E-state index in [1.54, 1.807) is 12.3 Å². The van der Waals surface area contributed by atoms with E-state index >= 15 is 0 Å². The second kappa shape index (κ2) is 8.88. The van der Waals surface area contributed by atoms with E-state index in [9.17, 15) is 13.5 Å². The Bertz CT molecular complexity index is 1050. The minimum atomic E-state index is -3.13. The molecule has 2 aromatic rings. The molecule has 2 aliphatic heterocycles. The number of furan rings is 1. The maximum Gasteiger partial charge on any atom is 0.163 e. The van der Waals surface area contributed by atoms with E-state index in [1.807, 2.05) is 30.3 Å². The lowest BCUT2D eigenvalue weighted by atomic mass is 9.94. The van der Waals surface area contributed by atoms with Gasteiger partial charge in [0, 0.05) is 6.20 Å². The van der Waals surface area contributed by atoms with E-state index in [0.717, 1.165) is 35.3 Å². The van der Waals surface area contributed by atoms with Gasteiger partial charge in [0.1, 0.15) is 23.4 Å². The molecule has 7 heteroatoms. The third-order valence-electron chi connectivity index (χ3n) is 5.74. The van der Waals surface area contributed by atoms with Crippen molar-refractivity contribution in [3.8, 4) is 0 Å². The summed E-state index contributed by atoms with van der Waals surface area (Å²) in [6.07, 6.45) is 6.60. The van der Waals surface area contributed by atoms with Crippen molar-refractivity contribution < 1.29 is 22.7 Å². The number of nitrogens with zero attached hydrogens (tertiary/aromatic N) is 1. The molecule has 1 N–H and O–H groups in total. The molecular formula is C23H27NO5S. The average molecular weight is 430 g/mol. The largest absolute Gasteiger partial charge is 0.459 e. The SMILES string of the molecule is CCCC1=C2[C@@H](CC/C(=C/c3ccc(CO)o3)c3ccccn3)OC[C@@H]2S(=O)(=O)C1. The second-order valence-corrected chi connectivity index (χ2v) is 10.00. The molecule has 4 rings (SSSR count). The summed E-state index contributed by atoms with van der Waals surface area (Å²) in [4.78, 5) is 4.47. The third kappa shape index (κ3) is 4.29. The van der Waals surface area contributed by atoms with Crippen LogP contribution in [-0.2, 0) is 21.2 Å². The Morgan fingerprint density at radius 1 is 1.30 bits per heavy atom. The Balaban J connectivity index is 1.58. The highest BCUT2D eigenvalue weighted by Crippen LogP contribution is 2.40. The highest BCUT2D eigenvalue weighted by atomic mass is 32.2. The van der Waals surface area contributed by atoms with Crippen molar-refractivity contribution in [1.82, 2.24) is 4.98 Å². The number of aliphatic hydroxyl groups excluding tert-OH is 1. The molecule has 0 unspecified atom stereocenters. The summed E-state index contributed by atoms with van der Waals surface area (Å²) in [5.74, 6) is 1.34. The summed E-state index contributed by atoms with van der Waals surface area (Å²) in [5.41, 5.74) is 3.88. The number of allylic oxidation sites excluding steroid dienone is 1. The Morgan fingerprint density at radius 3 is 2.87 bits per heavy atom. The van der Waals surface area contributed by atoms with Gasteiger partial charge in [-0.15, -0.1) is 0 Å². The highest BCUT2D eigenvalue weighted by molar-refractivity contribution is 7.92. The standard InChI is InChI=1S/C23H27NO5S/c1-2-5-17-15-30(26,27)22-14-28-21(23(17)22)10-7-16(20-6-3-4-11-24-20)12-18-8-9-19(13-25)29-18/h3-4,6,8-9,11-12,21-22,25H,2,5,7,10,13-15H2,1H3/b16-12-/t21-,22+/m1/s1. The number of sulfone groups is 1. The Morgan fingerprint density at radius 2 is 2.17 bits per heavy atom. The molecule has 0 bridgehead atoms. The number of aromatic nitrogens is 1. The first-order chi connectivity index (χ1) is 14.5. The number of pyridine rings is 1. The lowest BCUT2D eigenvalue weighted by molar-refractivity contribution is 0.118. The molecular weight excluding hydrogens is 402 g/mol. The van der Waals surface area contributed by atoms with Gasteiger partial charge in [0.25, 0.3) is 0 Å². The van der Waals surface area contributed by atoms with Crippen LogP contribution in [0.4, 0.5) is 0 Å². The molecule has 30 heavy (non-hydrogen) atoms. The summed E-state index contributed by atoms with van der Waals surface area (Å²) >= 11 is 0. The zero-order valence-electron chi connectivity index (χ0n) is 17.1. The van der Waals surface area contributed by atoms with Crippen LogP contribution in [0.25, 0.3) is 11.6 Å². The monoisotopic (exact) mass is 429 g/mol. The molecule has 1 saturated heterocycles. The van der Waals surface area contributed by atoms with Gasteiger partial charge in [-0.25, -0.2) is 8.42 Å². The predicted molar refractivity (Wildman–Crippen MR) is 115 cm³/mol. The molecule has 2 aromatic heterocycles. The molecule has 2 atom stereocenters. The van der Waals surface area contributed by atoms with E-state index in [2.05, 4.69) is 11.9 Å². The summed E-state index contributed by atoms with van der Waals surface area (Å²) in [6, 6.07) is 9.32. The minimum absolute atomic E-state index is 0.146. The van der Waals surface area contributed by atoms with Crippen molar-refractivity contribution in [3.63, 3.8) is 0 Å². The first-order valence-corrected chi connectivity index (χ1v) is 12.1. The van der Waals surface area contributed by atoms with Crippen molar-refractivity contribution in [1.29, 1.82) is 0 Å². The van der Waals surface area contributed by atoms with E-state index in [1.165, 1.54) is 0 Å². The van der Waals surface area contributed by atoms with Gasteiger partial charge < -0.3 is 14.3 Å². The van der Waals surface area contributed by atoms with Gasteiger partial charge in [0.15, 0.2) is 9.84 Å².